The van der Waals surface area contributed by atoms with Gasteiger partial charge in [0, 0.05) is 39.0 Å². The van der Waals surface area contributed by atoms with Gasteiger partial charge in [-0.3, -0.25) is 4.21 Å². The maximum atomic E-state index is 11.1. The highest BCUT2D eigenvalue weighted by Crippen LogP contribution is 2.24. The van der Waals surface area contributed by atoms with E-state index >= 15 is 0 Å². The minimum Gasteiger partial charge on any atom is -0.478 e. The lowest BCUT2D eigenvalue weighted by Gasteiger charge is -2.15. The number of rotatable bonds is 5. The van der Waals surface area contributed by atoms with Crippen LogP contribution in [0.5, 0.6) is 0 Å². The van der Waals surface area contributed by atoms with E-state index in [4.69, 9.17) is 5.11 Å². The molecule has 4 nitrogen and oxygen atoms in total. The first-order valence-electron chi connectivity index (χ1n) is 4.99. The fourth-order valence-corrected chi connectivity index (χ4v) is 2.71. The number of hydrogen-bond acceptors (Lipinski definition) is 3. The molecular weight excluding hydrogens is 306 g/mol. The van der Waals surface area contributed by atoms with Crippen molar-refractivity contribution in [3.63, 3.8) is 0 Å². The van der Waals surface area contributed by atoms with Crippen molar-refractivity contribution in [3.05, 3.63) is 28.2 Å². The van der Waals surface area contributed by atoms with Crippen molar-refractivity contribution in [2.75, 3.05) is 17.3 Å². The molecule has 1 rings (SSSR count). The number of hydrogen-bond donors (Lipinski definition) is 2. The standard InChI is InChI=1S/C11H14BrNO3S/c1-7(6-17(2)16)13-10-4-3-8(11(14)15)5-9(10)12/h3-5,7,13H,6H2,1-2H3,(H,14,15). The lowest BCUT2D eigenvalue weighted by Crippen LogP contribution is -2.22. The van der Waals surface area contributed by atoms with E-state index in [1.807, 2.05) is 6.92 Å². The Hall–Kier alpha value is -0.880. The molecule has 0 heterocycles. The van der Waals surface area contributed by atoms with Gasteiger partial charge in [0.2, 0.25) is 0 Å². The van der Waals surface area contributed by atoms with E-state index in [-0.39, 0.29) is 11.6 Å². The van der Waals surface area contributed by atoms with Gasteiger partial charge < -0.3 is 10.4 Å². The van der Waals surface area contributed by atoms with Gasteiger partial charge in [0.05, 0.1) is 5.56 Å². The molecule has 0 spiro atoms. The molecule has 0 aromatic heterocycles. The summed E-state index contributed by atoms with van der Waals surface area (Å²) in [7, 11) is -0.860. The van der Waals surface area contributed by atoms with E-state index in [0.29, 0.717) is 10.2 Å². The van der Waals surface area contributed by atoms with Crippen LogP contribution in [0, 0.1) is 0 Å². The average molecular weight is 320 g/mol. The van der Waals surface area contributed by atoms with Crippen molar-refractivity contribution >= 4 is 38.4 Å². The van der Waals surface area contributed by atoms with Crippen LogP contribution in [-0.4, -0.2) is 33.3 Å². The van der Waals surface area contributed by atoms with Gasteiger partial charge in [0.25, 0.3) is 0 Å². The van der Waals surface area contributed by atoms with Crippen LogP contribution in [0.15, 0.2) is 22.7 Å². The summed E-state index contributed by atoms with van der Waals surface area (Å²) in [5.41, 5.74) is 1.03. The van der Waals surface area contributed by atoms with Crippen LogP contribution in [0.4, 0.5) is 5.69 Å². The molecule has 1 aromatic rings. The van der Waals surface area contributed by atoms with E-state index in [9.17, 15) is 9.00 Å². The summed E-state index contributed by atoms with van der Waals surface area (Å²) in [6, 6.07) is 4.83. The lowest BCUT2D eigenvalue weighted by atomic mass is 10.2. The topological polar surface area (TPSA) is 66.4 Å². The maximum Gasteiger partial charge on any atom is 0.335 e. The molecular formula is C11H14BrNO3S. The monoisotopic (exact) mass is 319 g/mol. The molecule has 0 saturated carbocycles. The Morgan fingerprint density at radius 3 is 2.71 bits per heavy atom. The number of halogens is 1. The Bertz CT molecular complexity index is 450. The van der Waals surface area contributed by atoms with Crippen molar-refractivity contribution in [1.29, 1.82) is 0 Å². The van der Waals surface area contributed by atoms with Crippen molar-refractivity contribution < 1.29 is 14.1 Å². The van der Waals surface area contributed by atoms with Crippen LogP contribution < -0.4 is 5.32 Å². The average Bonchev–Trinajstić information content (AvgIpc) is 2.19. The molecule has 17 heavy (non-hydrogen) atoms. The van der Waals surface area contributed by atoms with Gasteiger partial charge in [-0.25, -0.2) is 4.79 Å². The van der Waals surface area contributed by atoms with E-state index < -0.39 is 16.8 Å². The summed E-state index contributed by atoms with van der Waals surface area (Å²) < 4.78 is 11.7. The Morgan fingerprint density at radius 1 is 1.59 bits per heavy atom. The first kappa shape index (κ1) is 14.2. The maximum absolute atomic E-state index is 11.1. The van der Waals surface area contributed by atoms with Crippen molar-refractivity contribution in [2.24, 2.45) is 0 Å². The molecule has 0 fully saturated rings. The van der Waals surface area contributed by atoms with Crippen LogP contribution in [-0.2, 0) is 10.8 Å². The highest BCUT2D eigenvalue weighted by molar-refractivity contribution is 9.10. The van der Waals surface area contributed by atoms with Gasteiger partial charge in [-0.15, -0.1) is 0 Å². The molecule has 94 valence electrons. The number of carboxylic acid groups (broad SMARTS) is 1. The van der Waals surface area contributed by atoms with Gasteiger partial charge in [-0.2, -0.15) is 0 Å². The SMILES string of the molecule is CC(CS(C)=O)Nc1ccc(C(=O)O)cc1Br. The fourth-order valence-electron chi connectivity index (χ4n) is 1.42. The smallest absolute Gasteiger partial charge is 0.335 e. The molecule has 0 saturated heterocycles. The zero-order chi connectivity index (χ0) is 13.0. The number of carbonyl (C=O) groups is 1. The summed E-state index contributed by atoms with van der Waals surface area (Å²) in [6.45, 7) is 1.93. The first-order chi connectivity index (χ1) is 7.90. The molecule has 2 N–H and O–H groups in total. The molecule has 2 unspecified atom stereocenters. The molecule has 2 atom stereocenters. The minimum atomic E-state index is -0.958. The van der Waals surface area contributed by atoms with Crippen LogP contribution in [0.25, 0.3) is 0 Å². The van der Waals surface area contributed by atoms with Crippen LogP contribution in [0.1, 0.15) is 17.3 Å². The zero-order valence-electron chi connectivity index (χ0n) is 9.57. The summed E-state index contributed by atoms with van der Waals surface area (Å²) in [5, 5.41) is 12.0. The summed E-state index contributed by atoms with van der Waals surface area (Å²) in [6.07, 6.45) is 1.65. The molecule has 1 aromatic carbocycles. The second kappa shape index (κ2) is 6.16. The zero-order valence-corrected chi connectivity index (χ0v) is 12.0. The summed E-state index contributed by atoms with van der Waals surface area (Å²) in [5.74, 6) is -0.410. The van der Waals surface area contributed by atoms with Crippen molar-refractivity contribution in [2.45, 2.75) is 13.0 Å². The van der Waals surface area contributed by atoms with Gasteiger partial charge in [0.1, 0.15) is 0 Å². The number of anilines is 1. The largest absolute Gasteiger partial charge is 0.478 e. The number of benzene rings is 1. The summed E-state index contributed by atoms with van der Waals surface area (Å²) >= 11 is 3.31. The lowest BCUT2D eigenvalue weighted by molar-refractivity contribution is 0.0697. The molecule has 0 bridgehead atoms. The van der Waals surface area contributed by atoms with Crippen LogP contribution in [0.3, 0.4) is 0 Å². The Kier molecular flexibility index (Phi) is 5.14. The van der Waals surface area contributed by atoms with E-state index in [1.165, 1.54) is 6.07 Å². The van der Waals surface area contributed by atoms with Gasteiger partial charge in [-0.05, 0) is 41.1 Å². The third-order valence-electron chi connectivity index (χ3n) is 2.10. The quantitative estimate of drug-likeness (QED) is 0.874. The van der Waals surface area contributed by atoms with Gasteiger partial charge in [-0.1, -0.05) is 0 Å². The molecule has 0 aliphatic heterocycles. The normalized spacial score (nSPS) is 14.1. The highest BCUT2D eigenvalue weighted by Gasteiger charge is 2.09. The Balaban J connectivity index is 2.79. The number of carboxylic acids is 1. The molecule has 0 aliphatic carbocycles. The third kappa shape index (κ3) is 4.47. The number of nitrogens with one attached hydrogen (secondary N) is 1. The molecule has 0 radical (unpaired) electrons. The molecule has 0 aliphatic rings. The summed E-state index contributed by atoms with van der Waals surface area (Å²) in [4.78, 5) is 10.8. The van der Waals surface area contributed by atoms with Crippen LogP contribution >= 0.6 is 15.9 Å². The van der Waals surface area contributed by atoms with E-state index in [1.54, 1.807) is 18.4 Å². The second-order valence-electron chi connectivity index (χ2n) is 3.79. The van der Waals surface area contributed by atoms with Gasteiger partial charge >= 0.3 is 5.97 Å². The van der Waals surface area contributed by atoms with Crippen molar-refractivity contribution in [1.82, 2.24) is 0 Å². The Labute approximate surface area is 111 Å². The predicted molar refractivity (Wildman–Crippen MR) is 73.1 cm³/mol. The van der Waals surface area contributed by atoms with E-state index in [2.05, 4.69) is 21.2 Å². The fraction of sp³-hybridized carbons (Fsp3) is 0.364. The molecule has 0 amide bonds. The van der Waals surface area contributed by atoms with Crippen molar-refractivity contribution in [3.8, 4) is 0 Å². The van der Waals surface area contributed by atoms with E-state index in [0.717, 1.165) is 5.69 Å². The Morgan fingerprint density at radius 2 is 2.24 bits per heavy atom. The van der Waals surface area contributed by atoms with Gasteiger partial charge in [0.15, 0.2) is 0 Å². The highest BCUT2D eigenvalue weighted by atomic mass is 79.9. The first-order valence-corrected chi connectivity index (χ1v) is 7.51. The number of aromatic carboxylic acids is 1. The van der Waals surface area contributed by atoms with Crippen LogP contribution in [0.2, 0.25) is 0 Å². The second-order valence-corrected chi connectivity index (χ2v) is 6.12. The predicted octanol–water partition coefficient (Wildman–Crippen LogP) is 2.33. The third-order valence-corrected chi connectivity index (χ3v) is 3.73. The minimum absolute atomic E-state index is 0.0628. The molecule has 6 heteroatoms.